The van der Waals surface area contributed by atoms with Crippen molar-refractivity contribution in [1.82, 2.24) is 4.98 Å². The zero-order valence-electron chi connectivity index (χ0n) is 10.6. The second-order valence-corrected chi connectivity index (χ2v) is 4.75. The second-order valence-electron chi connectivity index (χ2n) is 4.75. The molecule has 0 spiro atoms. The molecule has 0 bridgehead atoms. The molecule has 1 aromatic rings. The minimum Gasteiger partial charge on any atom is -0.357 e. The average Bonchev–Trinajstić information content (AvgIpc) is 2.39. The number of piperidine rings is 1. The van der Waals surface area contributed by atoms with Gasteiger partial charge in [0.25, 0.3) is 0 Å². The molecular formula is C14H20N2O. The summed E-state index contributed by atoms with van der Waals surface area (Å²) in [4.78, 5) is 18.1. The predicted octanol–water partition coefficient (Wildman–Crippen LogP) is 2.45. The molecule has 0 aromatic carbocycles. The number of Topliss-reactive ketones (excluding diaryl/α,β-unsaturated/α-hetero) is 1. The summed E-state index contributed by atoms with van der Waals surface area (Å²) < 4.78 is 0. The maximum Gasteiger partial charge on any atom is 0.133 e. The van der Waals surface area contributed by atoms with E-state index in [9.17, 15) is 4.79 Å². The Labute approximate surface area is 103 Å². The summed E-state index contributed by atoms with van der Waals surface area (Å²) in [7, 11) is 0. The Hall–Kier alpha value is -1.38. The average molecular weight is 232 g/mol. The number of ketones is 1. The number of rotatable bonds is 3. The number of carbonyl (C=O) groups is 1. The quantitative estimate of drug-likeness (QED) is 0.802. The van der Waals surface area contributed by atoms with Crippen LogP contribution in [-0.4, -0.2) is 23.9 Å². The van der Waals surface area contributed by atoms with Crippen molar-refractivity contribution in [3.63, 3.8) is 0 Å². The molecule has 1 aromatic heterocycles. The summed E-state index contributed by atoms with van der Waals surface area (Å²) >= 11 is 0. The largest absolute Gasteiger partial charge is 0.357 e. The van der Waals surface area contributed by atoms with Gasteiger partial charge in [0.1, 0.15) is 11.6 Å². The molecule has 0 aliphatic carbocycles. The van der Waals surface area contributed by atoms with Crippen LogP contribution in [0.2, 0.25) is 0 Å². The van der Waals surface area contributed by atoms with E-state index in [1.807, 2.05) is 6.20 Å². The normalized spacial score (nSPS) is 17.2. The first-order chi connectivity index (χ1) is 8.20. The number of carbonyl (C=O) groups excluding carboxylic acids is 1. The monoisotopic (exact) mass is 232 g/mol. The van der Waals surface area contributed by atoms with E-state index in [-0.39, 0.29) is 5.92 Å². The molecule has 1 aliphatic rings. The van der Waals surface area contributed by atoms with E-state index >= 15 is 0 Å². The maximum atomic E-state index is 11.3. The highest BCUT2D eigenvalue weighted by molar-refractivity contribution is 5.78. The van der Waals surface area contributed by atoms with Crippen molar-refractivity contribution in [2.45, 2.75) is 33.1 Å². The van der Waals surface area contributed by atoms with Gasteiger partial charge < -0.3 is 4.90 Å². The summed E-state index contributed by atoms with van der Waals surface area (Å²) in [6.07, 6.45) is 4.91. The van der Waals surface area contributed by atoms with Gasteiger partial charge in [-0.15, -0.1) is 0 Å². The smallest absolute Gasteiger partial charge is 0.133 e. The van der Waals surface area contributed by atoms with Crippen LogP contribution in [0, 0.1) is 5.92 Å². The van der Waals surface area contributed by atoms with Gasteiger partial charge in [0.15, 0.2) is 0 Å². The van der Waals surface area contributed by atoms with Crippen LogP contribution in [0.15, 0.2) is 18.3 Å². The van der Waals surface area contributed by atoms with Crippen LogP contribution < -0.4 is 4.90 Å². The molecule has 0 saturated carbocycles. The van der Waals surface area contributed by atoms with E-state index < -0.39 is 0 Å². The van der Waals surface area contributed by atoms with E-state index in [4.69, 9.17) is 0 Å². The van der Waals surface area contributed by atoms with Gasteiger partial charge in [0.2, 0.25) is 0 Å². The molecule has 2 rings (SSSR count). The van der Waals surface area contributed by atoms with Gasteiger partial charge in [0, 0.05) is 25.2 Å². The molecule has 3 heteroatoms. The summed E-state index contributed by atoms with van der Waals surface area (Å²) in [5.74, 6) is 1.64. The van der Waals surface area contributed by atoms with E-state index in [1.165, 1.54) is 5.56 Å². The van der Waals surface area contributed by atoms with Crippen molar-refractivity contribution in [3.8, 4) is 0 Å². The third kappa shape index (κ3) is 2.84. The SMILES string of the molecule is CCc1ccc(N2CCC(C(C)=O)CC2)nc1. The van der Waals surface area contributed by atoms with Crippen molar-refractivity contribution in [3.05, 3.63) is 23.9 Å². The number of nitrogens with zero attached hydrogens (tertiary/aromatic N) is 2. The van der Waals surface area contributed by atoms with E-state index in [0.29, 0.717) is 5.78 Å². The van der Waals surface area contributed by atoms with Crippen molar-refractivity contribution in [1.29, 1.82) is 0 Å². The zero-order valence-corrected chi connectivity index (χ0v) is 10.6. The maximum absolute atomic E-state index is 11.3. The summed E-state index contributed by atoms with van der Waals surface area (Å²) in [5.41, 5.74) is 1.27. The minimum atomic E-state index is 0.265. The Kier molecular flexibility index (Phi) is 3.77. The van der Waals surface area contributed by atoms with Crippen LogP contribution in [-0.2, 0) is 11.2 Å². The lowest BCUT2D eigenvalue weighted by Gasteiger charge is -2.31. The standard InChI is InChI=1S/C14H20N2O/c1-3-12-4-5-14(15-10-12)16-8-6-13(7-9-16)11(2)17/h4-5,10,13H,3,6-9H2,1-2H3. The molecule has 3 nitrogen and oxygen atoms in total. The van der Waals surface area contributed by atoms with Crippen LogP contribution in [0.5, 0.6) is 0 Å². The van der Waals surface area contributed by atoms with Gasteiger partial charge in [-0.3, -0.25) is 4.79 Å². The molecule has 1 fully saturated rings. The summed E-state index contributed by atoms with van der Waals surface area (Å²) in [6, 6.07) is 4.23. The van der Waals surface area contributed by atoms with Crippen molar-refractivity contribution < 1.29 is 4.79 Å². The molecule has 17 heavy (non-hydrogen) atoms. The highest BCUT2D eigenvalue weighted by Crippen LogP contribution is 2.22. The fourth-order valence-electron chi connectivity index (χ4n) is 2.33. The fourth-order valence-corrected chi connectivity index (χ4v) is 2.33. The Morgan fingerprint density at radius 1 is 1.41 bits per heavy atom. The van der Waals surface area contributed by atoms with E-state index in [0.717, 1.165) is 38.2 Å². The van der Waals surface area contributed by atoms with Gasteiger partial charge >= 0.3 is 0 Å². The highest BCUT2D eigenvalue weighted by Gasteiger charge is 2.22. The van der Waals surface area contributed by atoms with Gasteiger partial charge in [-0.2, -0.15) is 0 Å². The van der Waals surface area contributed by atoms with Crippen LogP contribution >= 0.6 is 0 Å². The van der Waals surface area contributed by atoms with Crippen LogP contribution in [0.3, 0.4) is 0 Å². The number of hydrogen-bond acceptors (Lipinski definition) is 3. The third-order valence-corrected chi connectivity index (χ3v) is 3.61. The van der Waals surface area contributed by atoms with Gasteiger partial charge in [-0.1, -0.05) is 13.0 Å². The topological polar surface area (TPSA) is 33.2 Å². The minimum absolute atomic E-state index is 0.265. The lowest BCUT2D eigenvalue weighted by atomic mass is 9.93. The summed E-state index contributed by atoms with van der Waals surface area (Å²) in [5, 5.41) is 0. The lowest BCUT2D eigenvalue weighted by molar-refractivity contribution is -0.121. The number of pyridine rings is 1. The molecule has 0 N–H and O–H groups in total. The molecule has 1 aliphatic heterocycles. The molecule has 0 unspecified atom stereocenters. The molecule has 92 valence electrons. The third-order valence-electron chi connectivity index (χ3n) is 3.61. The van der Waals surface area contributed by atoms with Crippen molar-refractivity contribution >= 4 is 11.6 Å². The Morgan fingerprint density at radius 2 is 2.12 bits per heavy atom. The van der Waals surface area contributed by atoms with Crippen LogP contribution in [0.25, 0.3) is 0 Å². The highest BCUT2D eigenvalue weighted by atomic mass is 16.1. The number of aromatic nitrogens is 1. The molecule has 1 saturated heterocycles. The van der Waals surface area contributed by atoms with Gasteiger partial charge in [-0.25, -0.2) is 4.98 Å². The van der Waals surface area contributed by atoms with Crippen LogP contribution in [0.4, 0.5) is 5.82 Å². The number of anilines is 1. The zero-order chi connectivity index (χ0) is 12.3. The first-order valence-corrected chi connectivity index (χ1v) is 6.41. The molecular weight excluding hydrogens is 212 g/mol. The molecule has 0 amide bonds. The number of hydrogen-bond donors (Lipinski definition) is 0. The predicted molar refractivity (Wildman–Crippen MR) is 69.2 cm³/mol. The molecule has 0 radical (unpaired) electrons. The Bertz CT molecular complexity index is 378. The second kappa shape index (κ2) is 5.30. The number of aryl methyl sites for hydroxylation is 1. The summed E-state index contributed by atoms with van der Waals surface area (Å²) in [6.45, 7) is 5.73. The van der Waals surface area contributed by atoms with E-state index in [1.54, 1.807) is 6.92 Å². The van der Waals surface area contributed by atoms with Crippen molar-refractivity contribution in [2.75, 3.05) is 18.0 Å². The first kappa shape index (κ1) is 12.1. The van der Waals surface area contributed by atoms with Gasteiger partial charge in [0.05, 0.1) is 0 Å². The Balaban J connectivity index is 1.97. The van der Waals surface area contributed by atoms with Gasteiger partial charge in [-0.05, 0) is 37.8 Å². The van der Waals surface area contributed by atoms with Crippen molar-refractivity contribution in [2.24, 2.45) is 5.92 Å². The van der Waals surface area contributed by atoms with E-state index in [2.05, 4.69) is 28.9 Å². The lowest BCUT2D eigenvalue weighted by Crippen LogP contribution is -2.36. The molecule has 2 heterocycles. The Morgan fingerprint density at radius 3 is 2.59 bits per heavy atom. The fraction of sp³-hybridized carbons (Fsp3) is 0.571. The molecule has 0 atom stereocenters. The van der Waals surface area contributed by atoms with Crippen LogP contribution in [0.1, 0.15) is 32.3 Å². The first-order valence-electron chi connectivity index (χ1n) is 6.41.